The number of methoxy groups -OCH3 is 1. The van der Waals surface area contributed by atoms with Crippen molar-refractivity contribution in [1.82, 2.24) is 4.57 Å². The smallest absolute Gasteiger partial charge is 0.338 e. The van der Waals surface area contributed by atoms with E-state index in [0.29, 0.717) is 32.1 Å². The number of carbonyl (C=O) groups excluding carboxylic acids is 2. The molecule has 0 saturated carbocycles. The fourth-order valence-electron chi connectivity index (χ4n) is 4.75. The van der Waals surface area contributed by atoms with Gasteiger partial charge in [-0.15, -0.1) is 0 Å². The van der Waals surface area contributed by atoms with Gasteiger partial charge in [-0.1, -0.05) is 91.9 Å². The van der Waals surface area contributed by atoms with Gasteiger partial charge < -0.3 is 9.47 Å². The van der Waals surface area contributed by atoms with Gasteiger partial charge in [-0.25, -0.2) is 14.6 Å². The lowest BCUT2D eigenvalue weighted by atomic mass is 9.95. The maximum atomic E-state index is 13.9. The van der Waals surface area contributed by atoms with Crippen LogP contribution in [-0.2, 0) is 20.9 Å². The Morgan fingerprint density at radius 3 is 2.29 bits per heavy atom. The van der Waals surface area contributed by atoms with Crippen LogP contribution in [0.2, 0.25) is 0 Å². The molecule has 0 saturated heterocycles. The van der Waals surface area contributed by atoms with Gasteiger partial charge in [0.15, 0.2) is 4.80 Å². The molecule has 0 spiro atoms. The number of ether oxygens (including phenoxy) is 2. The highest BCUT2D eigenvalue weighted by molar-refractivity contribution is 7.07. The third-order valence-corrected chi connectivity index (χ3v) is 7.99. The van der Waals surface area contributed by atoms with Crippen LogP contribution in [0.4, 0.5) is 0 Å². The lowest BCUT2D eigenvalue weighted by molar-refractivity contribution is -0.140. The van der Waals surface area contributed by atoms with Gasteiger partial charge in [0.25, 0.3) is 5.56 Å². The molecule has 0 aliphatic carbocycles. The summed E-state index contributed by atoms with van der Waals surface area (Å²) in [5.74, 6) is -0.628. The van der Waals surface area contributed by atoms with Crippen LogP contribution in [0, 0.1) is 0 Å². The third-order valence-electron chi connectivity index (χ3n) is 7.00. The lowest BCUT2D eigenvalue weighted by Gasteiger charge is -2.25. The number of rotatable bonds is 7. The van der Waals surface area contributed by atoms with Crippen molar-refractivity contribution in [3.63, 3.8) is 0 Å². The van der Waals surface area contributed by atoms with Crippen LogP contribution in [0.1, 0.15) is 65.3 Å². The van der Waals surface area contributed by atoms with Crippen LogP contribution in [0.5, 0.6) is 0 Å². The van der Waals surface area contributed by atoms with Crippen molar-refractivity contribution in [1.29, 1.82) is 0 Å². The summed E-state index contributed by atoms with van der Waals surface area (Å²) in [7, 11) is 1.32. The minimum atomic E-state index is -0.785. The first-order chi connectivity index (χ1) is 19.8. The number of aromatic nitrogens is 1. The highest BCUT2D eigenvalue weighted by atomic mass is 32.1. The van der Waals surface area contributed by atoms with Gasteiger partial charge in [-0.2, -0.15) is 0 Å². The number of carbonyl (C=O) groups is 2. The van der Waals surface area contributed by atoms with E-state index in [0.717, 1.165) is 11.1 Å². The second-order valence-corrected chi connectivity index (χ2v) is 11.1. The van der Waals surface area contributed by atoms with E-state index >= 15 is 0 Å². The number of nitrogens with zero attached hydrogens (tertiary/aromatic N) is 2. The minimum Gasteiger partial charge on any atom is -0.465 e. The summed E-state index contributed by atoms with van der Waals surface area (Å²) < 4.78 is 12.6. The summed E-state index contributed by atoms with van der Waals surface area (Å²) in [4.78, 5) is 44.6. The fourth-order valence-corrected chi connectivity index (χ4v) is 5.79. The Morgan fingerprint density at radius 1 is 0.976 bits per heavy atom. The summed E-state index contributed by atoms with van der Waals surface area (Å²) in [6.45, 7) is 6.10. The van der Waals surface area contributed by atoms with Crippen molar-refractivity contribution >= 4 is 29.4 Å². The maximum absolute atomic E-state index is 13.9. The summed E-state index contributed by atoms with van der Waals surface area (Å²) >= 11 is 1.27. The van der Waals surface area contributed by atoms with Crippen LogP contribution in [0.25, 0.3) is 6.08 Å². The van der Waals surface area contributed by atoms with Crippen molar-refractivity contribution in [2.75, 3.05) is 7.11 Å². The minimum absolute atomic E-state index is 0.0846. The van der Waals surface area contributed by atoms with Crippen molar-refractivity contribution in [3.05, 3.63) is 138 Å². The van der Waals surface area contributed by atoms with Crippen LogP contribution in [0.3, 0.4) is 0 Å². The first-order valence-corrected chi connectivity index (χ1v) is 14.1. The molecule has 3 aromatic carbocycles. The Hall–Kier alpha value is -4.56. The predicted molar refractivity (Wildman–Crippen MR) is 158 cm³/mol. The van der Waals surface area contributed by atoms with E-state index in [2.05, 4.69) is 31.0 Å². The third kappa shape index (κ3) is 5.83. The van der Waals surface area contributed by atoms with Crippen molar-refractivity contribution in [2.45, 2.75) is 39.3 Å². The van der Waals surface area contributed by atoms with Crippen molar-refractivity contribution in [2.24, 2.45) is 4.99 Å². The number of fused-ring (bicyclic) bond motifs is 1. The molecule has 1 aliphatic heterocycles. The molecule has 0 amide bonds. The van der Waals surface area contributed by atoms with Gasteiger partial charge in [0.05, 0.1) is 34.5 Å². The average molecular weight is 567 g/mol. The Morgan fingerprint density at radius 2 is 1.66 bits per heavy atom. The Labute approximate surface area is 241 Å². The molecule has 1 atom stereocenters. The molecule has 0 radical (unpaired) electrons. The maximum Gasteiger partial charge on any atom is 0.338 e. The second-order valence-electron chi connectivity index (χ2n) is 10.1. The summed E-state index contributed by atoms with van der Waals surface area (Å²) in [5, 5.41) is 0. The van der Waals surface area contributed by atoms with Crippen LogP contribution in [-0.4, -0.2) is 23.6 Å². The molecule has 2 heterocycles. The molecule has 41 heavy (non-hydrogen) atoms. The van der Waals surface area contributed by atoms with E-state index in [4.69, 9.17) is 9.47 Å². The molecule has 1 aromatic heterocycles. The number of esters is 2. The van der Waals surface area contributed by atoms with E-state index in [9.17, 15) is 14.4 Å². The highest BCUT2D eigenvalue weighted by Crippen LogP contribution is 2.31. The average Bonchev–Trinajstić information content (AvgIpc) is 3.29. The Bertz CT molecular complexity index is 1800. The normalized spacial score (nSPS) is 15.0. The monoisotopic (exact) mass is 566 g/mol. The standard InChI is InChI=1S/C33H30N2O5S/c1-20(2)24-12-10-22(11-13-24)18-27-30(36)35-29(25-14-16-26(17-15-25)31(37)39-4)28(21(3)34-33(35)41-27)32(38)40-19-23-8-6-5-7-9-23/h5-18,20,29H,19H2,1-4H3. The van der Waals surface area contributed by atoms with E-state index in [1.165, 1.54) is 28.6 Å². The number of hydrogen-bond donors (Lipinski definition) is 0. The van der Waals surface area contributed by atoms with Crippen LogP contribution < -0.4 is 14.9 Å². The van der Waals surface area contributed by atoms with Crippen LogP contribution in [0.15, 0.2) is 99.9 Å². The first kappa shape index (κ1) is 28.0. The molecule has 8 heteroatoms. The predicted octanol–water partition coefficient (Wildman–Crippen LogP) is 4.89. The van der Waals surface area contributed by atoms with Crippen molar-refractivity contribution in [3.8, 4) is 0 Å². The topological polar surface area (TPSA) is 87.0 Å². The zero-order valence-electron chi connectivity index (χ0n) is 23.3. The van der Waals surface area contributed by atoms with Gasteiger partial charge in [0, 0.05) is 0 Å². The molecule has 1 aliphatic rings. The van der Waals surface area contributed by atoms with E-state index in [1.54, 1.807) is 31.2 Å². The van der Waals surface area contributed by atoms with Gasteiger partial charge in [-0.05, 0) is 53.3 Å². The zero-order chi connectivity index (χ0) is 29.1. The van der Waals surface area contributed by atoms with Crippen molar-refractivity contribution < 1.29 is 19.1 Å². The SMILES string of the molecule is COC(=O)c1ccc(C2C(C(=O)OCc3ccccc3)=C(C)N=c3sc(=Cc4ccc(C(C)C)cc4)c(=O)n32)cc1. The fraction of sp³-hybridized carbons (Fsp3) is 0.212. The van der Waals surface area contributed by atoms with E-state index in [-0.39, 0.29) is 17.7 Å². The van der Waals surface area contributed by atoms with Gasteiger partial charge in [-0.3, -0.25) is 9.36 Å². The molecule has 1 unspecified atom stereocenters. The van der Waals surface area contributed by atoms with E-state index < -0.39 is 18.0 Å². The highest BCUT2D eigenvalue weighted by Gasteiger charge is 2.33. The van der Waals surface area contributed by atoms with Gasteiger partial charge in [0.2, 0.25) is 0 Å². The number of allylic oxidation sites excluding steroid dienone is 1. The molecule has 7 nitrogen and oxygen atoms in total. The molecule has 0 N–H and O–H groups in total. The Kier molecular flexibility index (Phi) is 8.12. The van der Waals surface area contributed by atoms with Gasteiger partial charge >= 0.3 is 11.9 Å². The first-order valence-electron chi connectivity index (χ1n) is 13.3. The Balaban J connectivity index is 1.60. The molecule has 4 aromatic rings. The molecule has 0 fully saturated rings. The molecule has 5 rings (SSSR count). The zero-order valence-corrected chi connectivity index (χ0v) is 24.1. The van der Waals surface area contributed by atoms with Crippen LogP contribution >= 0.6 is 11.3 Å². The van der Waals surface area contributed by atoms with Gasteiger partial charge in [0.1, 0.15) is 6.61 Å². The van der Waals surface area contributed by atoms with E-state index in [1.807, 2.05) is 48.5 Å². The summed E-state index contributed by atoms with van der Waals surface area (Å²) in [6.07, 6.45) is 1.85. The molecule has 0 bridgehead atoms. The molecule has 208 valence electrons. The quantitative estimate of drug-likeness (QED) is 0.298. The number of hydrogen-bond acceptors (Lipinski definition) is 7. The lowest BCUT2D eigenvalue weighted by Crippen LogP contribution is -2.39. The number of benzene rings is 3. The molecular formula is C33H30N2O5S. The second kappa shape index (κ2) is 11.9. The summed E-state index contributed by atoms with van der Waals surface area (Å²) in [5.41, 5.74) is 4.45. The molecular weight excluding hydrogens is 536 g/mol. The largest absolute Gasteiger partial charge is 0.465 e. The summed E-state index contributed by atoms with van der Waals surface area (Å²) in [6, 6.07) is 23.4. The number of thiazole rings is 1.